The lowest BCUT2D eigenvalue weighted by Crippen LogP contribution is -2.08. The third-order valence-corrected chi connectivity index (χ3v) is 6.56. The summed E-state index contributed by atoms with van der Waals surface area (Å²) < 4.78 is 28.6. The number of halogens is 2. The zero-order valence-electron chi connectivity index (χ0n) is 18.1. The van der Waals surface area contributed by atoms with Gasteiger partial charge in [0.25, 0.3) is 0 Å². The van der Waals surface area contributed by atoms with E-state index in [0.29, 0.717) is 44.7 Å². The van der Waals surface area contributed by atoms with Crippen LogP contribution in [-0.4, -0.2) is 44.2 Å². The standard InChI is InChI=1S/C24H17F2N7S/c1-33(2)13-7-12(10-27-11-13)15-8-16-18(9-17(15)25)31-32-22(16)24-29-21-14(5-6-28-23(21)30-24)19-3-4-20(26)34-19/h3-11H,1-2H3,(H,31,32)(H,28,29,30). The van der Waals surface area contributed by atoms with E-state index in [-0.39, 0.29) is 10.9 Å². The zero-order valence-corrected chi connectivity index (χ0v) is 18.9. The summed E-state index contributed by atoms with van der Waals surface area (Å²) in [5, 5.41) is 7.72. The van der Waals surface area contributed by atoms with Crippen LogP contribution in [0.3, 0.4) is 0 Å². The molecule has 0 spiro atoms. The number of aromatic nitrogens is 6. The lowest BCUT2D eigenvalue weighted by molar-refractivity contribution is 0.632. The van der Waals surface area contributed by atoms with Crippen LogP contribution in [-0.2, 0) is 0 Å². The maximum absolute atomic E-state index is 15.0. The minimum absolute atomic E-state index is 0.264. The Balaban J connectivity index is 1.51. The van der Waals surface area contributed by atoms with Crippen molar-refractivity contribution >= 4 is 39.1 Å². The van der Waals surface area contributed by atoms with Crippen LogP contribution in [0.2, 0.25) is 0 Å². The highest BCUT2D eigenvalue weighted by atomic mass is 32.1. The molecule has 0 aliphatic rings. The van der Waals surface area contributed by atoms with Crippen LogP contribution < -0.4 is 4.90 Å². The normalized spacial score (nSPS) is 11.5. The average molecular weight is 474 g/mol. The predicted octanol–water partition coefficient (Wildman–Crippen LogP) is 5.64. The molecule has 7 nitrogen and oxygen atoms in total. The van der Waals surface area contributed by atoms with Crippen molar-refractivity contribution in [3.8, 4) is 33.1 Å². The molecule has 0 radical (unpaired) electrons. The van der Waals surface area contributed by atoms with E-state index < -0.39 is 0 Å². The summed E-state index contributed by atoms with van der Waals surface area (Å²) in [6.07, 6.45) is 5.00. The van der Waals surface area contributed by atoms with Gasteiger partial charge < -0.3 is 9.88 Å². The molecule has 0 saturated carbocycles. The van der Waals surface area contributed by atoms with E-state index in [1.54, 1.807) is 30.7 Å². The molecule has 10 heteroatoms. The quantitative estimate of drug-likeness (QED) is 0.346. The Hall–Kier alpha value is -4.18. The average Bonchev–Trinajstić information content (AvgIpc) is 3.55. The van der Waals surface area contributed by atoms with Gasteiger partial charge in [-0.25, -0.2) is 14.4 Å². The Labute approximate surface area is 196 Å². The van der Waals surface area contributed by atoms with Gasteiger partial charge >= 0.3 is 0 Å². The molecular weight excluding hydrogens is 456 g/mol. The molecule has 0 amide bonds. The van der Waals surface area contributed by atoms with Gasteiger partial charge in [0.15, 0.2) is 16.6 Å². The Morgan fingerprint density at radius 1 is 1.00 bits per heavy atom. The number of H-pyrrole nitrogens is 2. The van der Waals surface area contributed by atoms with Gasteiger partial charge in [0, 0.05) is 59.5 Å². The number of aromatic amines is 2. The molecule has 1 aromatic carbocycles. The zero-order chi connectivity index (χ0) is 23.4. The molecule has 0 saturated heterocycles. The van der Waals surface area contributed by atoms with Crippen molar-refractivity contribution in [1.82, 2.24) is 30.1 Å². The number of anilines is 1. The van der Waals surface area contributed by atoms with Crippen LogP contribution >= 0.6 is 11.3 Å². The fourth-order valence-corrected chi connectivity index (χ4v) is 4.71. The van der Waals surface area contributed by atoms with Crippen molar-refractivity contribution in [2.24, 2.45) is 0 Å². The summed E-state index contributed by atoms with van der Waals surface area (Å²) in [4.78, 5) is 19.2. The lowest BCUT2D eigenvalue weighted by Gasteiger charge is -2.13. The fraction of sp³-hybridized carbons (Fsp3) is 0.0833. The van der Waals surface area contributed by atoms with E-state index in [9.17, 15) is 4.39 Å². The first-order valence-corrected chi connectivity index (χ1v) is 11.2. The topological polar surface area (TPSA) is 86.4 Å². The third-order valence-electron chi connectivity index (χ3n) is 5.66. The molecule has 0 bridgehead atoms. The number of fused-ring (bicyclic) bond motifs is 2. The Morgan fingerprint density at radius 3 is 2.68 bits per heavy atom. The second-order valence-corrected chi connectivity index (χ2v) is 9.06. The van der Waals surface area contributed by atoms with Gasteiger partial charge in [0.1, 0.15) is 11.5 Å². The fourth-order valence-electron chi connectivity index (χ4n) is 3.95. The first-order chi connectivity index (χ1) is 16.5. The highest BCUT2D eigenvalue weighted by Gasteiger charge is 2.19. The van der Waals surface area contributed by atoms with Gasteiger partial charge in [-0.1, -0.05) is 0 Å². The summed E-state index contributed by atoms with van der Waals surface area (Å²) in [5.41, 5.74) is 4.99. The predicted molar refractivity (Wildman–Crippen MR) is 130 cm³/mol. The number of rotatable bonds is 4. The van der Waals surface area contributed by atoms with E-state index >= 15 is 4.39 Å². The van der Waals surface area contributed by atoms with Gasteiger partial charge in [-0.3, -0.25) is 10.1 Å². The number of benzene rings is 1. The van der Waals surface area contributed by atoms with E-state index in [1.165, 1.54) is 12.1 Å². The number of nitrogens with one attached hydrogen (secondary N) is 2. The van der Waals surface area contributed by atoms with Crippen molar-refractivity contribution < 1.29 is 8.78 Å². The summed E-state index contributed by atoms with van der Waals surface area (Å²) in [6.45, 7) is 0. The van der Waals surface area contributed by atoms with E-state index in [4.69, 9.17) is 0 Å². The van der Waals surface area contributed by atoms with E-state index in [2.05, 4.69) is 30.1 Å². The van der Waals surface area contributed by atoms with E-state index in [1.807, 2.05) is 31.1 Å². The molecule has 2 N–H and O–H groups in total. The lowest BCUT2D eigenvalue weighted by atomic mass is 10.0. The molecule has 0 aliphatic heterocycles. The Bertz CT molecular complexity index is 1680. The number of nitrogens with zero attached hydrogens (tertiary/aromatic N) is 5. The van der Waals surface area contributed by atoms with Crippen molar-refractivity contribution in [3.63, 3.8) is 0 Å². The molecule has 0 atom stereocenters. The van der Waals surface area contributed by atoms with Crippen LogP contribution in [0, 0.1) is 10.9 Å². The molecule has 168 valence electrons. The van der Waals surface area contributed by atoms with Crippen LogP contribution in [0.5, 0.6) is 0 Å². The minimum atomic E-state index is -0.381. The molecule has 34 heavy (non-hydrogen) atoms. The van der Waals surface area contributed by atoms with Crippen molar-refractivity contribution in [2.75, 3.05) is 19.0 Å². The van der Waals surface area contributed by atoms with Gasteiger partial charge in [0.05, 0.1) is 22.9 Å². The number of thiophene rings is 1. The van der Waals surface area contributed by atoms with Gasteiger partial charge in [-0.05, 0) is 30.3 Å². The molecule has 6 aromatic rings. The Morgan fingerprint density at radius 2 is 1.88 bits per heavy atom. The summed E-state index contributed by atoms with van der Waals surface area (Å²) in [6, 6.07) is 10.0. The molecule has 0 aliphatic carbocycles. The van der Waals surface area contributed by atoms with Crippen molar-refractivity contribution in [1.29, 1.82) is 0 Å². The second-order valence-electron chi connectivity index (χ2n) is 8.02. The van der Waals surface area contributed by atoms with Crippen LogP contribution in [0.1, 0.15) is 0 Å². The number of hydrogen-bond donors (Lipinski definition) is 2. The highest BCUT2D eigenvalue weighted by molar-refractivity contribution is 7.14. The SMILES string of the molecule is CN(C)c1cncc(-c2cc3c(-c4nc5nccc(-c6ccc(F)s6)c5[nH]4)n[nH]c3cc2F)c1. The molecule has 0 fully saturated rings. The minimum Gasteiger partial charge on any atom is -0.376 e. The maximum atomic E-state index is 15.0. The first-order valence-electron chi connectivity index (χ1n) is 10.4. The number of imidazole rings is 1. The number of pyridine rings is 2. The van der Waals surface area contributed by atoms with Gasteiger partial charge in [-0.15, -0.1) is 11.3 Å². The van der Waals surface area contributed by atoms with Gasteiger partial charge in [0.2, 0.25) is 0 Å². The molecule has 0 unspecified atom stereocenters. The highest BCUT2D eigenvalue weighted by Crippen LogP contribution is 2.35. The molecular formula is C24H17F2N7S. The molecule has 5 heterocycles. The van der Waals surface area contributed by atoms with Crippen LogP contribution in [0.4, 0.5) is 14.5 Å². The maximum Gasteiger partial charge on any atom is 0.178 e. The van der Waals surface area contributed by atoms with Gasteiger partial charge in [-0.2, -0.15) is 9.49 Å². The third kappa shape index (κ3) is 3.30. The summed E-state index contributed by atoms with van der Waals surface area (Å²) in [5.74, 6) is 0.102. The van der Waals surface area contributed by atoms with Crippen LogP contribution in [0.25, 0.3) is 55.2 Å². The summed E-state index contributed by atoms with van der Waals surface area (Å²) >= 11 is 1.05. The van der Waals surface area contributed by atoms with E-state index in [0.717, 1.165) is 27.5 Å². The first kappa shape index (κ1) is 20.4. The second kappa shape index (κ2) is 7.70. The molecule has 6 rings (SSSR count). The summed E-state index contributed by atoms with van der Waals surface area (Å²) in [7, 11) is 3.81. The Kier molecular flexibility index (Phi) is 4.63. The number of hydrogen-bond acceptors (Lipinski definition) is 6. The van der Waals surface area contributed by atoms with Crippen molar-refractivity contribution in [2.45, 2.75) is 0 Å². The smallest absolute Gasteiger partial charge is 0.178 e. The largest absolute Gasteiger partial charge is 0.376 e. The monoisotopic (exact) mass is 473 g/mol. The van der Waals surface area contributed by atoms with Crippen LogP contribution in [0.15, 0.2) is 55.0 Å². The molecule has 5 aromatic heterocycles. The van der Waals surface area contributed by atoms with Crippen molar-refractivity contribution in [3.05, 3.63) is 65.9 Å².